The minimum absolute atomic E-state index is 0.0139. The van der Waals surface area contributed by atoms with Crippen molar-refractivity contribution >= 4 is 21.2 Å². The van der Waals surface area contributed by atoms with E-state index in [2.05, 4.69) is 10.3 Å². The summed E-state index contributed by atoms with van der Waals surface area (Å²) >= 11 is 0. The summed E-state index contributed by atoms with van der Waals surface area (Å²) in [5.74, 6) is -0.658. The molecule has 0 aliphatic heterocycles. The van der Waals surface area contributed by atoms with Crippen LogP contribution < -0.4 is 0 Å². The molecule has 1 aromatic heterocycles. The number of carbonyl (C=O) groups is 1. The Morgan fingerprint density at radius 1 is 0.938 bits per heavy atom. The summed E-state index contributed by atoms with van der Waals surface area (Å²) < 4.78 is 53.7. The molecule has 32 heavy (non-hydrogen) atoms. The van der Waals surface area contributed by atoms with E-state index >= 15 is 0 Å². The van der Waals surface area contributed by atoms with Gasteiger partial charge in [0.2, 0.25) is 0 Å². The van der Waals surface area contributed by atoms with Gasteiger partial charge < -0.3 is 22.8 Å². The third-order valence-electron chi connectivity index (χ3n) is 4.27. The Kier molecular flexibility index (Phi) is 13.5. The third kappa shape index (κ3) is 9.41. The molecule has 0 aliphatic rings. The maximum Gasteiger partial charge on any atom is 0.345 e. The first-order chi connectivity index (χ1) is 15.3. The van der Waals surface area contributed by atoms with Crippen molar-refractivity contribution in [3.8, 4) is 0 Å². The lowest BCUT2D eigenvalue weighted by molar-refractivity contribution is -0.143. The van der Waals surface area contributed by atoms with Gasteiger partial charge in [-0.1, -0.05) is 5.21 Å². The topological polar surface area (TPSA) is 128 Å². The van der Waals surface area contributed by atoms with Crippen molar-refractivity contribution in [2.45, 2.75) is 66.1 Å². The van der Waals surface area contributed by atoms with Crippen LogP contribution in [-0.2, 0) is 49.7 Å². The summed E-state index contributed by atoms with van der Waals surface area (Å²) in [7, 11) is -6.80. The van der Waals surface area contributed by atoms with Crippen molar-refractivity contribution in [1.29, 1.82) is 0 Å². The minimum Gasteiger partial charge on any atom is -0.465 e. The summed E-state index contributed by atoms with van der Waals surface area (Å²) in [6, 6.07) is 0. The molecule has 0 saturated carbocycles. The van der Waals surface area contributed by atoms with Crippen LogP contribution in [0, 0.1) is 0 Å². The molecular weight excluding hydrogens is 460 g/mol. The van der Waals surface area contributed by atoms with Gasteiger partial charge in [0.25, 0.3) is 0 Å². The molecule has 13 heteroatoms. The highest BCUT2D eigenvalue weighted by molar-refractivity contribution is 7.55. The SMILES string of the molecule is CCOC(=O)C(Cc1cn(CCCCP(=O)(OCC)OCC)nn1)P(=O)(OCC)OCC. The van der Waals surface area contributed by atoms with Crippen molar-refractivity contribution in [2.24, 2.45) is 0 Å². The van der Waals surface area contributed by atoms with Crippen molar-refractivity contribution < 1.29 is 36.8 Å². The molecule has 0 saturated heterocycles. The Morgan fingerprint density at radius 2 is 1.53 bits per heavy atom. The monoisotopic (exact) mass is 497 g/mol. The van der Waals surface area contributed by atoms with Crippen molar-refractivity contribution in [3.63, 3.8) is 0 Å². The maximum atomic E-state index is 13.2. The quantitative estimate of drug-likeness (QED) is 0.166. The number of carbonyl (C=O) groups excluding carboxylic acids is 1. The zero-order valence-corrected chi connectivity index (χ0v) is 21.5. The number of aryl methyl sites for hydroxylation is 1. The van der Waals surface area contributed by atoms with Gasteiger partial charge in [-0.15, -0.1) is 5.10 Å². The summed E-state index contributed by atoms with van der Waals surface area (Å²) in [6.07, 6.45) is 3.33. The molecule has 1 rings (SSSR count). The zero-order chi connectivity index (χ0) is 24.0. The first-order valence-electron chi connectivity index (χ1n) is 11.1. The van der Waals surface area contributed by atoms with Gasteiger partial charge in [-0.2, -0.15) is 0 Å². The minimum atomic E-state index is -3.74. The molecule has 1 heterocycles. The first kappa shape index (κ1) is 28.9. The Hall–Kier alpha value is -1.09. The van der Waals surface area contributed by atoms with Gasteiger partial charge in [-0.05, 0) is 47.5 Å². The molecule has 0 spiro atoms. The summed E-state index contributed by atoms with van der Waals surface area (Å²) in [5, 5.41) is 8.15. The van der Waals surface area contributed by atoms with E-state index in [0.29, 0.717) is 44.5 Å². The number of aromatic nitrogens is 3. The van der Waals surface area contributed by atoms with E-state index in [4.69, 9.17) is 22.8 Å². The van der Waals surface area contributed by atoms with E-state index in [9.17, 15) is 13.9 Å². The summed E-state index contributed by atoms with van der Waals surface area (Å²) in [6.45, 7) is 10.2. The van der Waals surface area contributed by atoms with E-state index in [1.807, 2.05) is 0 Å². The maximum absolute atomic E-state index is 13.2. The van der Waals surface area contributed by atoms with Crippen LogP contribution in [0.25, 0.3) is 0 Å². The largest absolute Gasteiger partial charge is 0.465 e. The summed E-state index contributed by atoms with van der Waals surface area (Å²) in [5.41, 5.74) is -0.659. The highest BCUT2D eigenvalue weighted by Crippen LogP contribution is 2.54. The number of unbranched alkanes of at least 4 members (excludes halogenated alkanes) is 1. The van der Waals surface area contributed by atoms with Crippen molar-refractivity contribution in [2.75, 3.05) is 39.2 Å². The second-order valence-corrected chi connectivity index (χ2v) is 11.1. The normalized spacial score (nSPS) is 13.3. The van der Waals surface area contributed by atoms with Crippen LogP contribution in [0.3, 0.4) is 0 Å². The molecule has 0 aromatic carbocycles. The second-order valence-electron chi connectivity index (χ2n) is 6.70. The zero-order valence-electron chi connectivity index (χ0n) is 19.7. The molecule has 0 N–H and O–H groups in total. The highest BCUT2D eigenvalue weighted by Gasteiger charge is 2.42. The van der Waals surface area contributed by atoms with Crippen molar-refractivity contribution in [3.05, 3.63) is 11.9 Å². The molecular formula is C19H37N3O8P2. The predicted octanol–water partition coefficient (Wildman–Crippen LogP) is 4.06. The Labute approximate surface area is 190 Å². The van der Waals surface area contributed by atoms with Gasteiger partial charge in [-0.3, -0.25) is 18.6 Å². The van der Waals surface area contributed by atoms with E-state index in [-0.39, 0.29) is 26.2 Å². The van der Waals surface area contributed by atoms with E-state index < -0.39 is 26.8 Å². The molecule has 11 nitrogen and oxygen atoms in total. The molecule has 0 amide bonds. The van der Waals surface area contributed by atoms with Crippen LogP contribution in [0.15, 0.2) is 6.20 Å². The van der Waals surface area contributed by atoms with Gasteiger partial charge in [0.05, 0.1) is 44.9 Å². The first-order valence-corrected chi connectivity index (χ1v) is 14.4. The Bertz CT molecular complexity index is 754. The fourth-order valence-corrected chi connectivity index (χ4v) is 6.65. The van der Waals surface area contributed by atoms with Crippen LogP contribution in [-0.4, -0.2) is 65.8 Å². The Morgan fingerprint density at radius 3 is 2.06 bits per heavy atom. The molecule has 0 bridgehead atoms. The van der Waals surface area contributed by atoms with Crippen LogP contribution in [0.4, 0.5) is 0 Å². The number of ether oxygens (including phenoxy) is 1. The van der Waals surface area contributed by atoms with Gasteiger partial charge in [0.1, 0.15) is 0 Å². The number of rotatable bonds is 18. The van der Waals surface area contributed by atoms with E-state index in [1.54, 1.807) is 45.5 Å². The third-order valence-corrected chi connectivity index (χ3v) is 8.83. The second kappa shape index (κ2) is 14.9. The van der Waals surface area contributed by atoms with Gasteiger partial charge in [-0.25, -0.2) is 0 Å². The number of esters is 1. The van der Waals surface area contributed by atoms with Gasteiger partial charge >= 0.3 is 21.2 Å². The number of hydrogen-bond donors (Lipinski definition) is 0. The fraction of sp³-hybridized carbons (Fsp3) is 0.842. The highest BCUT2D eigenvalue weighted by atomic mass is 31.2. The average Bonchev–Trinajstić information content (AvgIpc) is 3.18. The van der Waals surface area contributed by atoms with Gasteiger partial charge in [0, 0.05) is 19.2 Å². The smallest absolute Gasteiger partial charge is 0.345 e. The van der Waals surface area contributed by atoms with Gasteiger partial charge in [0.15, 0.2) is 5.66 Å². The van der Waals surface area contributed by atoms with Crippen molar-refractivity contribution in [1.82, 2.24) is 15.0 Å². The van der Waals surface area contributed by atoms with Crippen LogP contribution in [0.2, 0.25) is 0 Å². The molecule has 0 radical (unpaired) electrons. The molecule has 0 fully saturated rings. The lowest BCUT2D eigenvalue weighted by atomic mass is 10.2. The lowest BCUT2D eigenvalue weighted by Gasteiger charge is -2.24. The van der Waals surface area contributed by atoms with Crippen LogP contribution in [0.5, 0.6) is 0 Å². The van der Waals surface area contributed by atoms with E-state index in [0.717, 1.165) is 0 Å². The predicted molar refractivity (Wildman–Crippen MR) is 120 cm³/mol. The van der Waals surface area contributed by atoms with E-state index in [1.165, 1.54) is 0 Å². The van der Waals surface area contributed by atoms with Crippen LogP contribution in [0.1, 0.15) is 53.2 Å². The Balaban J connectivity index is 2.77. The number of hydrogen-bond acceptors (Lipinski definition) is 10. The molecule has 1 aromatic rings. The number of nitrogens with zero attached hydrogens (tertiary/aromatic N) is 3. The average molecular weight is 497 g/mol. The fourth-order valence-electron chi connectivity index (χ4n) is 3.02. The van der Waals surface area contributed by atoms with Crippen LogP contribution >= 0.6 is 15.2 Å². The molecule has 0 aliphatic carbocycles. The molecule has 186 valence electrons. The molecule has 1 unspecified atom stereocenters. The standard InChI is InChI=1S/C19H37N3O8P2/c1-6-26-19(23)18(32(25,29-9-4)30-10-5)15-17-16-22(21-20-17)13-11-12-14-31(24,27-7-2)28-8-3/h16,18H,6-15H2,1-5H3. The lowest BCUT2D eigenvalue weighted by Crippen LogP contribution is -2.28. The molecule has 1 atom stereocenters. The summed E-state index contributed by atoms with van der Waals surface area (Å²) in [4.78, 5) is 12.5.